The molecule has 0 saturated heterocycles. The maximum atomic E-state index is 12.5. The molecule has 0 bridgehead atoms. The fourth-order valence-corrected chi connectivity index (χ4v) is 4.14. The molecule has 0 aliphatic heterocycles. The molecule has 3 aromatic rings. The molecule has 1 unspecified atom stereocenters. The number of hydrogen-bond donors (Lipinski definition) is 1. The highest BCUT2D eigenvalue weighted by molar-refractivity contribution is 7.85. The normalized spacial score (nSPS) is 12.5. The van der Waals surface area contributed by atoms with Crippen LogP contribution in [0.15, 0.2) is 78.9 Å². The first-order chi connectivity index (χ1) is 17.5. The van der Waals surface area contributed by atoms with Crippen LogP contribution in [-0.2, 0) is 44.1 Å². The van der Waals surface area contributed by atoms with E-state index in [0.717, 1.165) is 34.3 Å². The molecule has 8 heteroatoms. The number of ether oxygens (including phenoxy) is 2. The fraction of sp³-hybridized carbons (Fsp3) is 0.345. The first kappa shape index (κ1) is 28.2. The topological polar surface area (TPSA) is 90.9 Å². The zero-order chi connectivity index (χ0) is 26.9. The van der Waals surface area contributed by atoms with Crippen molar-refractivity contribution in [3.63, 3.8) is 0 Å². The van der Waals surface area contributed by atoms with E-state index in [0.29, 0.717) is 13.0 Å². The third kappa shape index (κ3) is 9.90. The van der Waals surface area contributed by atoms with E-state index in [1.165, 1.54) is 0 Å². The first-order valence-corrected chi connectivity index (χ1v) is 13.9. The van der Waals surface area contributed by atoms with E-state index in [2.05, 4.69) is 26.1 Å². The number of carbonyl (C=O) groups is 1. The van der Waals surface area contributed by atoms with Gasteiger partial charge in [0.05, 0.1) is 18.9 Å². The van der Waals surface area contributed by atoms with E-state index < -0.39 is 22.3 Å². The van der Waals surface area contributed by atoms with Crippen LogP contribution in [0.25, 0.3) is 0 Å². The molecule has 0 heterocycles. The summed E-state index contributed by atoms with van der Waals surface area (Å²) in [5, 5.41) is 2.75. The van der Waals surface area contributed by atoms with Crippen molar-refractivity contribution in [1.29, 1.82) is 0 Å². The van der Waals surface area contributed by atoms with Gasteiger partial charge in [-0.25, -0.2) is 4.79 Å². The molecule has 0 radical (unpaired) electrons. The molecular weight excluding hydrogens is 490 g/mol. The van der Waals surface area contributed by atoms with E-state index in [1.807, 2.05) is 78.9 Å². The Morgan fingerprint density at radius 2 is 1.46 bits per heavy atom. The number of alkyl carbamates (subject to hydrolysis) is 1. The van der Waals surface area contributed by atoms with E-state index in [4.69, 9.17) is 13.7 Å². The minimum absolute atomic E-state index is 0.105. The number of amides is 1. The van der Waals surface area contributed by atoms with Gasteiger partial charge in [-0.3, -0.25) is 4.18 Å². The molecule has 0 aromatic heterocycles. The van der Waals surface area contributed by atoms with Crippen molar-refractivity contribution < 1.29 is 26.9 Å². The Morgan fingerprint density at radius 1 is 0.865 bits per heavy atom. The lowest BCUT2D eigenvalue weighted by Gasteiger charge is -2.25. The van der Waals surface area contributed by atoms with E-state index >= 15 is 0 Å². The van der Waals surface area contributed by atoms with E-state index in [1.54, 1.807) is 0 Å². The minimum Gasteiger partial charge on any atom is -0.489 e. The summed E-state index contributed by atoms with van der Waals surface area (Å²) < 4.78 is 39.7. The second-order valence-corrected chi connectivity index (χ2v) is 11.6. The number of rotatable bonds is 11. The molecule has 1 amide bonds. The Hall–Kier alpha value is -3.36. The third-order valence-corrected chi connectivity index (χ3v) is 6.15. The molecular formula is C29H35NO6S. The Kier molecular flexibility index (Phi) is 9.72. The predicted molar refractivity (Wildman–Crippen MR) is 144 cm³/mol. The molecule has 37 heavy (non-hydrogen) atoms. The van der Waals surface area contributed by atoms with Gasteiger partial charge in [-0.15, -0.1) is 0 Å². The predicted octanol–water partition coefficient (Wildman–Crippen LogP) is 5.38. The third-order valence-electron chi connectivity index (χ3n) is 5.59. The van der Waals surface area contributed by atoms with Crippen LogP contribution in [-0.4, -0.2) is 33.4 Å². The largest absolute Gasteiger partial charge is 0.489 e. The maximum Gasteiger partial charge on any atom is 0.407 e. The van der Waals surface area contributed by atoms with Gasteiger partial charge in [0.2, 0.25) is 0 Å². The lowest BCUT2D eigenvalue weighted by Crippen LogP contribution is -2.40. The molecule has 0 saturated carbocycles. The summed E-state index contributed by atoms with van der Waals surface area (Å²) >= 11 is 0. The number of hydrogen-bond acceptors (Lipinski definition) is 6. The monoisotopic (exact) mass is 525 g/mol. The van der Waals surface area contributed by atoms with Crippen molar-refractivity contribution in [1.82, 2.24) is 5.32 Å². The van der Waals surface area contributed by atoms with Crippen LogP contribution in [0.1, 0.15) is 43.0 Å². The van der Waals surface area contributed by atoms with Gasteiger partial charge in [-0.2, -0.15) is 8.42 Å². The summed E-state index contributed by atoms with van der Waals surface area (Å²) in [7, 11) is -3.69. The number of nitrogens with one attached hydrogen (secondary N) is 1. The van der Waals surface area contributed by atoms with Gasteiger partial charge >= 0.3 is 6.09 Å². The van der Waals surface area contributed by atoms with E-state index in [9.17, 15) is 13.2 Å². The highest BCUT2D eigenvalue weighted by Gasteiger charge is 2.22. The van der Waals surface area contributed by atoms with Crippen molar-refractivity contribution in [3.05, 3.63) is 101 Å². The van der Waals surface area contributed by atoms with Gasteiger partial charge < -0.3 is 14.8 Å². The molecule has 0 fully saturated rings. The minimum atomic E-state index is -3.69. The highest BCUT2D eigenvalue weighted by Crippen LogP contribution is 2.33. The van der Waals surface area contributed by atoms with Crippen molar-refractivity contribution in [3.8, 4) is 5.75 Å². The Labute approximate surface area is 219 Å². The lowest BCUT2D eigenvalue weighted by molar-refractivity contribution is 0.131. The van der Waals surface area contributed by atoms with Crippen molar-refractivity contribution >= 4 is 16.2 Å². The van der Waals surface area contributed by atoms with Gasteiger partial charge in [-0.05, 0) is 40.2 Å². The van der Waals surface area contributed by atoms with Crippen LogP contribution in [0.2, 0.25) is 0 Å². The summed E-state index contributed by atoms with van der Waals surface area (Å²) in [6.45, 7) is 6.65. The van der Waals surface area contributed by atoms with Gasteiger partial charge in [0, 0.05) is 0 Å². The zero-order valence-electron chi connectivity index (χ0n) is 21.8. The Bertz CT molecular complexity index is 1250. The molecule has 0 aliphatic rings. The highest BCUT2D eigenvalue weighted by atomic mass is 32.2. The van der Waals surface area contributed by atoms with Gasteiger partial charge in [0.1, 0.15) is 19.0 Å². The van der Waals surface area contributed by atoms with Gasteiger partial charge in [0.15, 0.2) is 0 Å². The SMILES string of the molecule is CC(C)(C)c1cc(CC(COS(C)(=O)=O)NC(=O)OCc2ccccc2)ccc1OCc1ccccc1. The molecule has 0 spiro atoms. The van der Waals surface area contributed by atoms with Crippen molar-refractivity contribution in [2.45, 2.75) is 51.9 Å². The number of carbonyl (C=O) groups excluding carboxylic acids is 1. The van der Waals surface area contributed by atoms with Gasteiger partial charge in [0.25, 0.3) is 10.1 Å². The lowest BCUT2D eigenvalue weighted by atomic mass is 9.84. The van der Waals surface area contributed by atoms with Crippen LogP contribution in [0.5, 0.6) is 5.75 Å². The second kappa shape index (κ2) is 12.7. The standard InChI is InChI=1S/C29H35NO6S/c1-29(2,3)26-18-24(15-16-27(26)34-19-22-11-7-5-8-12-22)17-25(21-36-37(4,32)33)30-28(31)35-20-23-13-9-6-10-14-23/h5-16,18,25H,17,19-21H2,1-4H3,(H,30,31). The molecule has 1 N–H and O–H groups in total. The van der Waals surface area contributed by atoms with E-state index in [-0.39, 0.29) is 18.6 Å². The molecule has 3 rings (SSSR count). The maximum absolute atomic E-state index is 12.5. The van der Waals surface area contributed by atoms with Crippen molar-refractivity contribution in [2.24, 2.45) is 0 Å². The quantitative estimate of drug-likeness (QED) is 0.338. The number of benzene rings is 3. The Balaban J connectivity index is 1.73. The van der Waals surface area contributed by atoms with Gasteiger partial charge in [-0.1, -0.05) is 93.6 Å². The van der Waals surface area contributed by atoms with Crippen molar-refractivity contribution in [2.75, 3.05) is 12.9 Å². The van der Waals surface area contributed by atoms with Crippen LogP contribution < -0.4 is 10.1 Å². The molecule has 7 nitrogen and oxygen atoms in total. The first-order valence-electron chi connectivity index (χ1n) is 12.1. The summed E-state index contributed by atoms with van der Waals surface area (Å²) in [4.78, 5) is 12.5. The Morgan fingerprint density at radius 3 is 2.03 bits per heavy atom. The average Bonchev–Trinajstić information content (AvgIpc) is 2.85. The molecule has 0 aliphatic carbocycles. The summed E-state index contributed by atoms with van der Waals surface area (Å²) in [5.41, 5.74) is 3.63. The summed E-state index contributed by atoms with van der Waals surface area (Å²) in [6, 6.07) is 24.5. The van der Waals surface area contributed by atoms with Crippen LogP contribution in [0.4, 0.5) is 4.79 Å². The summed E-state index contributed by atoms with van der Waals surface area (Å²) in [6.07, 6.45) is 0.677. The van der Waals surface area contributed by atoms with Crippen LogP contribution in [0.3, 0.4) is 0 Å². The van der Waals surface area contributed by atoms with Crippen LogP contribution >= 0.6 is 0 Å². The van der Waals surface area contributed by atoms with Crippen LogP contribution in [0, 0.1) is 0 Å². The average molecular weight is 526 g/mol. The second-order valence-electron chi connectivity index (χ2n) is 9.95. The summed E-state index contributed by atoms with van der Waals surface area (Å²) in [5.74, 6) is 0.777. The fourth-order valence-electron chi connectivity index (χ4n) is 3.72. The molecule has 198 valence electrons. The zero-order valence-corrected chi connectivity index (χ0v) is 22.6. The smallest absolute Gasteiger partial charge is 0.407 e. The molecule has 1 atom stereocenters. The molecule has 3 aromatic carbocycles.